The third-order valence-corrected chi connectivity index (χ3v) is 4.48. The van der Waals surface area contributed by atoms with Gasteiger partial charge < -0.3 is 14.9 Å². The maximum absolute atomic E-state index is 12.4. The predicted octanol–water partition coefficient (Wildman–Crippen LogP) is 2.17. The quantitative estimate of drug-likeness (QED) is 0.853. The van der Waals surface area contributed by atoms with Gasteiger partial charge >= 0.3 is 12.0 Å². The number of hydrogen-bond acceptors (Lipinski definition) is 2. The van der Waals surface area contributed by atoms with E-state index in [1.165, 1.54) is 25.7 Å². The number of likely N-dealkylation sites (tertiary alicyclic amines) is 1. The molecule has 1 N–H and O–H groups in total. The predicted molar refractivity (Wildman–Crippen MR) is 72.0 cm³/mol. The fourth-order valence-corrected chi connectivity index (χ4v) is 3.44. The Morgan fingerprint density at radius 2 is 1.89 bits per heavy atom. The third kappa shape index (κ3) is 3.39. The summed E-state index contributed by atoms with van der Waals surface area (Å²) in [7, 11) is 1.71. The van der Waals surface area contributed by atoms with Gasteiger partial charge in [-0.15, -0.1) is 0 Å². The van der Waals surface area contributed by atoms with E-state index in [0.717, 1.165) is 19.4 Å². The molecule has 1 saturated heterocycles. The molecule has 2 atom stereocenters. The van der Waals surface area contributed by atoms with Crippen molar-refractivity contribution in [2.45, 2.75) is 51.0 Å². The van der Waals surface area contributed by atoms with Crippen molar-refractivity contribution >= 4 is 12.0 Å². The van der Waals surface area contributed by atoms with Gasteiger partial charge in [-0.1, -0.05) is 12.8 Å². The molecule has 0 spiro atoms. The zero-order chi connectivity index (χ0) is 13.8. The van der Waals surface area contributed by atoms with Crippen molar-refractivity contribution < 1.29 is 14.7 Å². The molecule has 5 heteroatoms. The van der Waals surface area contributed by atoms with Crippen molar-refractivity contribution in [2.75, 3.05) is 20.1 Å². The van der Waals surface area contributed by atoms with Crippen LogP contribution in [0.1, 0.15) is 44.9 Å². The molecule has 2 unspecified atom stereocenters. The van der Waals surface area contributed by atoms with Crippen LogP contribution in [0.15, 0.2) is 0 Å². The number of carboxylic acids is 1. The second kappa shape index (κ2) is 6.26. The average Bonchev–Trinajstić information content (AvgIpc) is 2.43. The van der Waals surface area contributed by atoms with Crippen LogP contribution >= 0.6 is 0 Å². The van der Waals surface area contributed by atoms with Crippen LogP contribution in [0.3, 0.4) is 0 Å². The Morgan fingerprint density at radius 3 is 2.63 bits per heavy atom. The van der Waals surface area contributed by atoms with Gasteiger partial charge in [0.05, 0.1) is 6.42 Å². The number of urea groups is 1. The van der Waals surface area contributed by atoms with Crippen LogP contribution in [-0.4, -0.2) is 53.1 Å². The number of hydrogen-bond donors (Lipinski definition) is 1. The number of carbonyl (C=O) groups excluding carboxylic acids is 1. The molecule has 0 aromatic heterocycles. The second-order valence-electron chi connectivity index (χ2n) is 5.80. The summed E-state index contributed by atoms with van der Waals surface area (Å²) in [5.74, 6) is -0.187. The standard InChI is InChI=1S/C14H24N2O3/c1-15(10-8-13(17)18)14(19)16-9-4-6-11-5-2-3-7-12(11)16/h11-12H,2-10H2,1H3,(H,17,18). The van der Waals surface area contributed by atoms with Gasteiger partial charge in [-0.2, -0.15) is 0 Å². The molecule has 0 bridgehead atoms. The first-order chi connectivity index (χ1) is 9.09. The molecule has 2 amide bonds. The SMILES string of the molecule is CN(CCC(=O)O)C(=O)N1CCCC2CCCCC21. The van der Waals surface area contributed by atoms with E-state index in [4.69, 9.17) is 5.11 Å². The number of amides is 2. The van der Waals surface area contributed by atoms with Crippen molar-refractivity contribution in [2.24, 2.45) is 5.92 Å². The van der Waals surface area contributed by atoms with E-state index in [1.807, 2.05) is 4.90 Å². The zero-order valence-electron chi connectivity index (χ0n) is 11.7. The molecule has 19 heavy (non-hydrogen) atoms. The van der Waals surface area contributed by atoms with E-state index in [1.54, 1.807) is 11.9 Å². The number of nitrogens with zero attached hydrogens (tertiary/aromatic N) is 2. The summed E-state index contributed by atoms with van der Waals surface area (Å²) in [6.07, 6.45) is 7.20. The number of piperidine rings is 1. The van der Waals surface area contributed by atoms with Gasteiger partial charge in [0.1, 0.15) is 0 Å². The Balaban J connectivity index is 1.94. The third-order valence-electron chi connectivity index (χ3n) is 4.48. The van der Waals surface area contributed by atoms with E-state index in [0.29, 0.717) is 18.5 Å². The Kier molecular flexibility index (Phi) is 4.66. The molecule has 5 nitrogen and oxygen atoms in total. The van der Waals surface area contributed by atoms with Crippen molar-refractivity contribution in [3.05, 3.63) is 0 Å². The largest absolute Gasteiger partial charge is 0.481 e. The van der Waals surface area contributed by atoms with Crippen molar-refractivity contribution in [1.82, 2.24) is 9.80 Å². The van der Waals surface area contributed by atoms with E-state index in [-0.39, 0.29) is 12.5 Å². The Hall–Kier alpha value is -1.26. The highest BCUT2D eigenvalue weighted by atomic mass is 16.4. The van der Waals surface area contributed by atoms with Gasteiger partial charge in [0.2, 0.25) is 0 Å². The van der Waals surface area contributed by atoms with Gasteiger partial charge in [-0.05, 0) is 31.6 Å². The zero-order valence-corrected chi connectivity index (χ0v) is 11.7. The first-order valence-corrected chi connectivity index (χ1v) is 7.33. The highest BCUT2D eigenvalue weighted by Crippen LogP contribution is 2.35. The molecule has 0 radical (unpaired) electrons. The maximum Gasteiger partial charge on any atom is 0.320 e. The minimum Gasteiger partial charge on any atom is -0.481 e. The Morgan fingerprint density at radius 1 is 1.21 bits per heavy atom. The second-order valence-corrected chi connectivity index (χ2v) is 5.80. The van der Waals surface area contributed by atoms with Crippen LogP contribution in [0.5, 0.6) is 0 Å². The van der Waals surface area contributed by atoms with Crippen molar-refractivity contribution in [1.29, 1.82) is 0 Å². The van der Waals surface area contributed by atoms with Crippen LogP contribution in [0.4, 0.5) is 4.79 Å². The van der Waals surface area contributed by atoms with Crippen molar-refractivity contribution in [3.8, 4) is 0 Å². The summed E-state index contributed by atoms with van der Waals surface area (Å²) in [6, 6.07) is 0.403. The summed E-state index contributed by atoms with van der Waals surface area (Å²) < 4.78 is 0. The Bertz CT molecular complexity index is 344. The highest BCUT2D eigenvalue weighted by molar-refractivity contribution is 5.75. The van der Waals surface area contributed by atoms with Crippen LogP contribution in [-0.2, 0) is 4.79 Å². The number of aliphatic carboxylic acids is 1. The minimum absolute atomic E-state index is 0.0119. The molecule has 1 heterocycles. The maximum atomic E-state index is 12.4. The molecule has 0 aromatic carbocycles. The smallest absolute Gasteiger partial charge is 0.320 e. The summed E-state index contributed by atoms with van der Waals surface area (Å²) in [6.45, 7) is 1.12. The van der Waals surface area contributed by atoms with E-state index in [9.17, 15) is 9.59 Å². The summed E-state index contributed by atoms with van der Waals surface area (Å²) >= 11 is 0. The van der Waals surface area contributed by atoms with Gasteiger partial charge in [-0.25, -0.2) is 4.79 Å². The molecule has 1 aliphatic heterocycles. The monoisotopic (exact) mass is 268 g/mol. The molecule has 2 rings (SSSR count). The Labute approximate surface area is 114 Å². The van der Waals surface area contributed by atoms with Gasteiger partial charge in [0.15, 0.2) is 0 Å². The molecule has 1 saturated carbocycles. The van der Waals surface area contributed by atoms with Crippen LogP contribution in [0, 0.1) is 5.92 Å². The van der Waals surface area contributed by atoms with Crippen LogP contribution in [0.25, 0.3) is 0 Å². The number of fused-ring (bicyclic) bond motifs is 1. The number of carbonyl (C=O) groups is 2. The molecular weight excluding hydrogens is 244 g/mol. The molecule has 2 fully saturated rings. The lowest BCUT2D eigenvalue weighted by atomic mass is 9.78. The normalized spacial score (nSPS) is 26.7. The van der Waals surface area contributed by atoms with E-state index < -0.39 is 5.97 Å². The molecular formula is C14H24N2O3. The van der Waals surface area contributed by atoms with Crippen LogP contribution in [0.2, 0.25) is 0 Å². The number of rotatable bonds is 3. The first-order valence-electron chi connectivity index (χ1n) is 7.33. The molecule has 2 aliphatic rings. The number of carboxylic acid groups (broad SMARTS) is 1. The average molecular weight is 268 g/mol. The topological polar surface area (TPSA) is 60.9 Å². The van der Waals surface area contributed by atoms with Crippen molar-refractivity contribution in [3.63, 3.8) is 0 Å². The summed E-state index contributed by atoms with van der Waals surface area (Å²) in [5, 5.41) is 8.69. The van der Waals surface area contributed by atoms with E-state index >= 15 is 0 Å². The van der Waals surface area contributed by atoms with Gasteiger partial charge in [0.25, 0.3) is 0 Å². The lowest BCUT2D eigenvalue weighted by molar-refractivity contribution is -0.137. The molecule has 1 aliphatic carbocycles. The fraction of sp³-hybridized carbons (Fsp3) is 0.857. The first kappa shape index (κ1) is 14.2. The lowest BCUT2D eigenvalue weighted by Crippen LogP contribution is -2.53. The minimum atomic E-state index is -0.853. The summed E-state index contributed by atoms with van der Waals surface area (Å²) in [4.78, 5) is 26.6. The highest BCUT2D eigenvalue weighted by Gasteiger charge is 2.36. The summed E-state index contributed by atoms with van der Waals surface area (Å²) in [5.41, 5.74) is 0. The molecule has 0 aromatic rings. The molecule has 108 valence electrons. The van der Waals surface area contributed by atoms with Gasteiger partial charge in [-0.3, -0.25) is 4.79 Å². The van der Waals surface area contributed by atoms with E-state index in [2.05, 4.69) is 0 Å². The van der Waals surface area contributed by atoms with Crippen LogP contribution < -0.4 is 0 Å². The fourth-order valence-electron chi connectivity index (χ4n) is 3.44. The lowest BCUT2D eigenvalue weighted by Gasteiger charge is -2.45. The van der Waals surface area contributed by atoms with Gasteiger partial charge in [0, 0.05) is 26.2 Å².